The van der Waals surface area contributed by atoms with Crippen LogP contribution in [0.5, 0.6) is 0 Å². The molecule has 10 atom stereocenters. The van der Waals surface area contributed by atoms with Crippen LogP contribution in [0.3, 0.4) is 0 Å². The van der Waals surface area contributed by atoms with Crippen LogP contribution >= 0.6 is 0 Å². The second-order valence-electron chi connectivity index (χ2n) is 16.1. The minimum Gasteiger partial charge on any atom is -0.386 e. The Morgan fingerprint density at radius 1 is 0.887 bits per heavy atom. The van der Waals surface area contributed by atoms with Gasteiger partial charge in [-0.05, 0) is 57.6 Å². The van der Waals surface area contributed by atoms with Crippen molar-refractivity contribution in [1.82, 2.24) is 25.3 Å². The van der Waals surface area contributed by atoms with Gasteiger partial charge in [-0.3, -0.25) is 24.1 Å². The van der Waals surface area contributed by atoms with Crippen LogP contribution in [-0.4, -0.2) is 127 Å². The van der Waals surface area contributed by atoms with Crippen LogP contribution in [-0.2, 0) is 28.7 Å². The Kier molecular flexibility index (Phi) is 18.4. The fourth-order valence-electron chi connectivity index (χ4n) is 7.55. The van der Waals surface area contributed by atoms with E-state index in [0.29, 0.717) is 18.5 Å². The molecule has 2 rings (SSSR count). The summed E-state index contributed by atoms with van der Waals surface area (Å²) in [6.45, 7) is 20.1. The topological polar surface area (TPSA) is 141 Å². The van der Waals surface area contributed by atoms with Gasteiger partial charge in [-0.2, -0.15) is 0 Å². The molecule has 0 aliphatic carbocycles. The number of nitrogens with zero attached hydrogens (tertiary/aromatic N) is 3. The summed E-state index contributed by atoms with van der Waals surface area (Å²) in [6, 6.07) is 6.86. The lowest BCUT2D eigenvalue weighted by Crippen LogP contribution is -2.62. The Hall–Kier alpha value is -3.06. The molecule has 0 unspecified atom stereocenters. The fourth-order valence-corrected chi connectivity index (χ4v) is 7.55. The normalized spacial score (nSPS) is 19.8. The minimum absolute atomic E-state index is 0.0171. The van der Waals surface area contributed by atoms with Gasteiger partial charge in [0.05, 0.1) is 54.8 Å². The molecule has 0 bridgehead atoms. The zero-order valence-corrected chi connectivity index (χ0v) is 35.0. The third kappa shape index (κ3) is 11.7. The van der Waals surface area contributed by atoms with Crippen molar-refractivity contribution in [2.75, 3.05) is 34.9 Å². The van der Waals surface area contributed by atoms with E-state index in [0.717, 1.165) is 6.42 Å². The first kappa shape index (κ1) is 46.1. The molecule has 1 aliphatic rings. The molecule has 0 radical (unpaired) electrons. The average Bonchev–Trinajstić information content (AvgIpc) is 3.10. The smallest absolute Gasteiger partial charge is 0.245 e. The Bertz CT molecular complexity index is 1310. The zero-order valence-electron chi connectivity index (χ0n) is 35.0. The van der Waals surface area contributed by atoms with Crippen molar-refractivity contribution >= 4 is 23.6 Å². The number of likely N-dealkylation sites (N-methyl/N-ethyl adjacent to an activating group) is 2. The average molecular weight is 746 g/mol. The lowest BCUT2D eigenvalue weighted by atomic mass is 9.86. The molecule has 1 heterocycles. The molecule has 4 amide bonds. The van der Waals surface area contributed by atoms with Gasteiger partial charge < -0.3 is 35.0 Å². The maximum Gasteiger partial charge on any atom is 0.245 e. The number of aliphatic hydroxyl groups excluding tert-OH is 1. The van der Waals surface area contributed by atoms with Gasteiger partial charge in [0.1, 0.15) is 6.04 Å². The molecule has 0 aromatic heterocycles. The predicted octanol–water partition coefficient (Wildman–Crippen LogP) is 4.26. The SMILES string of the molecule is CC[C@H](C)[C@@H]([C@@H](CC(=O)N1CC[C@H]1[C@H](OC)[C@@H](C)C(=O)N[C@H](C)[C@@H](O)c1ccccc1)OC)N(C)C(=O)[C@@H](NC(=O)[C@H](C(C)C)N(C)C(C)C)C(C)C. The molecule has 1 aromatic carbocycles. The summed E-state index contributed by atoms with van der Waals surface area (Å²) in [4.78, 5) is 60.8. The van der Waals surface area contributed by atoms with Crippen LogP contribution in [0.15, 0.2) is 30.3 Å². The molecule has 12 nitrogen and oxygen atoms in total. The summed E-state index contributed by atoms with van der Waals surface area (Å²) in [5.41, 5.74) is 0.710. The molecule has 53 heavy (non-hydrogen) atoms. The van der Waals surface area contributed by atoms with E-state index >= 15 is 0 Å². The van der Waals surface area contributed by atoms with Crippen molar-refractivity contribution in [3.05, 3.63) is 35.9 Å². The van der Waals surface area contributed by atoms with Crippen LogP contribution < -0.4 is 10.6 Å². The van der Waals surface area contributed by atoms with Crippen molar-refractivity contribution in [2.24, 2.45) is 23.7 Å². The monoisotopic (exact) mass is 746 g/mol. The van der Waals surface area contributed by atoms with Crippen LogP contribution in [0.1, 0.15) is 100 Å². The summed E-state index contributed by atoms with van der Waals surface area (Å²) in [5.74, 6) is -1.58. The first-order valence-corrected chi connectivity index (χ1v) is 19.5. The number of amides is 4. The van der Waals surface area contributed by atoms with E-state index < -0.39 is 48.4 Å². The standard InChI is InChI=1S/C41H71N5O7/c1-15-27(8)36(45(12)41(51)34(24(2)3)43-40(50)35(25(4)5)44(11)26(6)7)32(52-13)23-33(47)46-22-21-31(46)38(53-14)28(9)39(49)42-29(10)37(48)30-19-17-16-18-20-30/h16-20,24-29,31-32,34-38,48H,15,21-23H2,1-14H3,(H,42,49)(H,43,50)/t27-,28+,29+,31-,32+,34-,35-,36-,37+,38+/m0/s1. The maximum atomic E-state index is 14.3. The molecular weight excluding hydrogens is 674 g/mol. The summed E-state index contributed by atoms with van der Waals surface area (Å²) in [5, 5.41) is 16.8. The molecule has 1 aliphatic heterocycles. The van der Waals surface area contributed by atoms with Crippen molar-refractivity contribution in [3.8, 4) is 0 Å². The largest absolute Gasteiger partial charge is 0.386 e. The van der Waals surface area contributed by atoms with Gasteiger partial charge in [0, 0.05) is 33.9 Å². The van der Waals surface area contributed by atoms with E-state index in [-0.39, 0.29) is 59.9 Å². The van der Waals surface area contributed by atoms with Gasteiger partial charge in [-0.15, -0.1) is 0 Å². The van der Waals surface area contributed by atoms with Crippen molar-refractivity contribution < 1.29 is 33.8 Å². The van der Waals surface area contributed by atoms with E-state index in [1.54, 1.807) is 44.9 Å². The zero-order chi connectivity index (χ0) is 40.3. The summed E-state index contributed by atoms with van der Waals surface area (Å²) < 4.78 is 11.8. The third-order valence-corrected chi connectivity index (χ3v) is 11.4. The van der Waals surface area contributed by atoms with Gasteiger partial charge in [-0.1, -0.05) is 85.2 Å². The molecular formula is C41H71N5O7. The van der Waals surface area contributed by atoms with E-state index in [9.17, 15) is 24.3 Å². The van der Waals surface area contributed by atoms with Crippen LogP contribution in [0.4, 0.5) is 0 Å². The fraction of sp³-hybridized carbons (Fsp3) is 0.756. The van der Waals surface area contributed by atoms with Gasteiger partial charge in [0.2, 0.25) is 23.6 Å². The lowest BCUT2D eigenvalue weighted by Gasteiger charge is -2.47. The maximum absolute atomic E-state index is 14.3. The van der Waals surface area contributed by atoms with Crippen molar-refractivity contribution in [2.45, 2.75) is 143 Å². The van der Waals surface area contributed by atoms with Crippen molar-refractivity contribution in [1.29, 1.82) is 0 Å². The molecule has 1 fully saturated rings. The molecule has 1 saturated heterocycles. The molecule has 0 saturated carbocycles. The highest BCUT2D eigenvalue weighted by molar-refractivity contribution is 5.90. The highest BCUT2D eigenvalue weighted by Gasteiger charge is 2.45. The van der Waals surface area contributed by atoms with Crippen LogP contribution in [0.25, 0.3) is 0 Å². The number of carbonyl (C=O) groups excluding carboxylic acids is 4. The van der Waals surface area contributed by atoms with Crippen molar-refractivity contribution in [3.63, 3.8) is 0 Å². The summed E-state index contributed by atoms with van der Waals surface area (Å²) >= 11 is 0. The molecule has 1 aromatic rings. The molecule has 3 N–H and O–H groups in total. The highest BCUT2D eigenvalue weighted by atomic mass is 16.5. The number of benzene rings is 1. The van der Waals surface area contributed by atoms with Crippen LogP contribution in [0.2, 0.25) is 0 Å². The first-order chi connectivity index (χ1) is 24.8. The molecule has 302 valence electrons. The number of hydrogen-bond acceptors (Lipinski definition) is 8. The van der Waals surface area contributed by atoms with Gasteiger partial charge in [-0.25, -0.2) is 0 Å². The number of nitrogens with one attached hydrogen (secondary N) is 2. The number of aliphatic hydroxyl groups is 1. The Labute approximate surface area is 319 Å². The molecule has 12 heteroatoms. The summed E-state index contributed by atoms with van der Waals surface area (Å²) in [6.07, 6.45) is -0.609. The number of hydrogen-bond donors (Lipinski definition) is 3. The highest BCUT2D eigenvalue weighted by Crippen LogP contribution is 2.30. The first-order valence-electron chi connectivity index (χ1n) is 19.5. The lowest BCUT2D eigenvalue weighted by molar-refractivity contribution is -0.156. The Balaban J connectivity index is 2.22. The van der Waals surface area contributed by atoms with E-state index in [1.165, 1.54) is 0 Å². The predicted molar refractivity (Wildman–Crippen MR) is 209 cm³/mol. The number of ether oxygens (including phenoxy) is 2. The van der Waals surface area contributed by atoms with E-state index in [4.69, 9.17) is 9.47 Å². The number of methoxy groups -OCH3 is 2. The van der Waals surface area contributed by atoms with Gasteiger partial charge in [0.25, 0.3) is 0 Å². The Morgan fingerprint density at radius 2 is 1.49 bits per heavy atom. The number of likely N-dealkylation sites (tertiary alicyclic amines) is 1. The Morgan fingerprint density at radius 3 is 1.94 bits per heavy atom. The quantitative estimate of drug-likeness (QED) is 0.170. The van der Waals surface area contributed by atoms with Gasteiger partial charge in [0.15, 0.2) is 0 Å². The minimum atomic E-state index is -0.875. The molecule has 0 spiro atoms. The van der Waals surface area contributed by atoms with E-state index in [1.807, 2.05) is 97.7 Å². The second-order valence-corrected chi connectivity index (χ2v) is 16.1. The second kappa shape index (κ2) is 21.1. The number of carbonyl (C=O) groups is 4. The van der Waals surface area contributed by atoms with E-state index in [2.05, 4.69) is 10.6 Å². The van der Waals surface area contributed by atoms with Crippen LogP contribution in [0, 0.1) is 23.7 Å². The third-order valence-electron chi connectivity index (χ3n) is 11.4. The van der Waals surface area contributed by atoms with Gasteiger partial charge >= 0.3 is 0 Å². The number of rotatable bonds is 21. The summed E-state index contributed by atoms with van der Waals surface area (Å²) in [7, 11) is 6.77.